The van der Waals surface area contributed by atoms with Gasteiger partial charge in [-0.3, -0.25) is 9.59 Å². The highest BCUT2D eigenvalue weighted by Gasteiger charge is 2.23. The number of nitrogens with one attached hydrogen (secondary N) is 3. The lowest BCUT2D eigenvalue weighted by Crippen LogP contribution is -2.47. The molecule has 0 saturated heterocycles. The number of primary amides is 1. The van der Waals surface area contributed by atoms with Crippen LogP contribution in [0.5, 0.6) is 11.5 Å². The van der Waals surface area contributed by atoms with Crippen molar-refractivity contribution in [2.75, 3.05) is 24.9 Å². The lowest BCUT2D eigenvalue weighted by atomic mass is 10.1. The van der Waals surface area contributed by atoms with Crippen LogP contribution >= 0.6 is 0 Å². The van der Waals surface area contributed by atoms with Gasteiger partial charge in [0.1, 0.15) is 17.5 Å². The molecule has 9 nitrogen and oxygen atoms in total. The maximum Gasteiger partial charge on any atom is 0.312 e. The zero-order valence-corrected chi connectivity index (χ0v) is 15.5. The smallest absolute Gasteiger partial charge is 0.312 e. The van der Waals surface area contributed by atoms with Gasteiger partial charge in [0.15, 0.2) is 0 Å². The molecular weight excluding hydrogens is 364 g/mol. The van der Waals surface area contributed by atoms with Gasteiger partial charge in [0.05, 0.1) is 20.6 Å². The number of hydrogen-bond donors (Lipinski definition) is 4. The largest absolute Gasteiger partial charge is 0.497 e. The predicted molar refractivity (Wildman–Crippen MR) is 104 cm³/mol. The topological polar surface area (TPSA) is 132 Å². The molecule has 0 aromatic heterocycles. The van der Waals surface area contributed by atoms with Crippen LogP contribution in [0.4, 0.5) is 16.2 Å². The van der Waals surface area contributed by atoms with Gasteiger partial charge < -0.3 is 31.2 Å². The molecule has 0 bridgehead atoms. The first-order chi connectivity index (χ1) is 13.4. The maximum atomic E-state index is 12.5. The van der Waals surface area contributed by atoms with Crippen molar-refractivity contribution in [1.29, 1.82) is 0 Å². The molecule has 9 heteroatoms. The highest BCUT2D eigenvalue weighted by molar-refractivity contribution is 6.01. The SMILES string of the molecule is COc1ccc(NC(=O)C[C@H](NC(N)=O)C(=O)Nc2ccc(OC)cc2)cc1. The number of carbonyl (C=O) groups excluding carboxylic acids is 3. The van der Waals surface area contributed by atoms with E-state index in [0.717, 1.165) is 0 Å². The summed E-state index contributed by atoms with van der Waals surface area (Å²) in [5.74, 6) is 0.233. The molecule has 2 aromatic rings. The molecule has 0 aliphatic rings. The quantitative estimate of drug-likeness (QED) is 0.548. The van der Waals surface area contributed by atoms with Crippen LogP contribution in [-0.4, -0.2) is 38.1 Å². The molecule has 0 radical (unpaired) electrons. The molecular formula is C19H22N4O5. The standard InChI is InChI=1S/C19H22N4O5/c1-27-14-7-3-12(4-8-14)21-17(24)11-16(23-19(20)26)18(25)22-13-5-9-15(28-2)10-6-13/h3-10,16H,11H2,1-2H3,(H,21,24)(H,22,25)(H3,20,23,26)/t16-/m0/s1. The number of nitrogens with two attached hydrogens (primary N) is 1. The predicted octanol–water partition coefficient (Wildman–Crippen LogP) is 1.71. The van der Waals surface area contributed by atoms with E-state index in [1.54, 1.807) is 48.5 Å². The van der Waals surface area contributed by atoms with Crippen molar-refractivity contribution >= 4 is 29.2 Å². The van der Waals surface area contributed by atoms with Gasteiger partial charge in [0, 0.05) is 11.4 Å². The number of benzene rings is 2. The second-order valence-corrected chi connectivity index (χ2v) is 5.76. The molecule has 28 heavy (non-hydrogen) atoms. The Labute approximate surface area is 162 Å². The second-order valence-electron chi connectivity index (χ2n) is 5.76. The van der Waals surface area contributed by atoms with Gasteiger partial charge in [-0.1, -0.05) is 0 Å². The average molecular weight is 386 g/mol. The van der Waals surface area contributed by atoms with Crippen LogP contribution in [0.3, 0.4) is 0 Å². The Morgan fingerprint density at radius 3 is 1.75 bits per heavy atom. The van der Waals surface area contributed by atoms with Crippen LogP contribution in [0.2, 0.25) is 0 Å². The number of ether oxygens (including phenoxy) is 2. The number of rotatable bonds is 8. The number of anilines is 2. The zero-order chi connectivity index (χ0) is 20.5. The normalized spacial score (nSPS) is 11.1. The third kappa shape index (κ3) is 6.20. The van der Waals surface area contributed by atoms with E-state index in [-0.39, 0.29) is 6.42 Å². The first kappa shape index (κ1) is 20.6. The summed E-state index contributed by atoms with van der Waals surface area (Å²) in [7, 11) is 3.07. The van der Waals surface area contributed by atoms with E-state index in [1.807, 2.05) is 0 Å². The highest BCUT2D eigenvalue weighted by atomic mass is 16.5. The molecule has 148 valence electrons. The molecule has 0 aliphatic carbocycles. The number of amides is 4. The Bertz CT molecular complexity index is 821. The zero-order valence-electron chi connectivity index (χ0n) is 15.5. The fourth-order valence-electron chi connectivity index (χ4n) is 2.36. The van der Waals surface area contributed by atoms with Crippen LogP contribution < -0.4 is 31.2 Å². The number of carbonyl (C=O) groups is 3. The summed E-state index contributed by atoms with van der Waals surface area (Å²) in [5, 5.41) is 7.55. The van der Waals surface area contributed by atoms with Gasteiger partial charge in [-0.2, -0.15) is 0 Å². The van der Waals surface area contributed by atoms with E-state index in [2.05, 4.69) is 16.0 Å². The van der Waals surface area contributed by atoms with Crippen molar-refractivity contribution in [2.24, 2.45) is 5.73 Å². The van der Waals surface area contributed by atoms with E-state index in [1.165, 1.54) is 14.2 Å². The van der Waals surface area contributed by atoms with Crippen LogP contribution in [0.15, 0.2) is 48.5 Å². The summed E-state index contributed by atoms with van der Waals surface area (Å²) in [6.45, 7) is 0. The number of hydrogen-bond acceptors (Lipinski definition) is 5. The first-order valence-corrected chi connectivity index (χ1v) is 8.36. The Kier molecular flexibility index (Phi) is 7.21. The van der Waals surface area contributed by atoms with Gasteiger partial charge in [0.2, 0.25) is 11.8 Å². The Morgan fingerprint density at radius 1 is 0.857 bits per heavy atom. The number of urea groups is 1. The van der Waals surface area contributed by atoms with Gasteiger partial charge in [-0.25, -0.2) is 4.79 Å². The maximum absolute atomic E-state index is 12.5. The van der Waals surface area contributed by atoms with E-state index in [0.29, 0.717) is 22.9 Å². The van der Waals surface area contributed by atoms with Crippen LogP contribution in [0, 0.1) is 0 Å². The molecule has 0 spiro atoms. The van der Waals surface area contributed by atoms with Gasteiger partial charge in [-0.15, -0.1) is 0 Å². The van der Waals surface area contributed by atoms with Crippen molar-refractivity contribution < 1.29 is 23.9 Å². The number of methoxy groups -OCH3 is 2. The molecule has 0 heterocycles. The summed E-state index contributed by atoms with van der Waals surface area (Å²) in [4.78, 5) is 36.0. The van der Waals surface area contributed by atoms with Crippen molar-refractivity contribution in [3.8, 4) is 11.5 Å². The molecule has 1 atom stereocenters. The summed E-state index contributed by atoms with van der Waals surface area (Å²) < 4.78 is 10.1. The monoisotopic (exact) mass is 386 g/mol. The molecule has 0 saturated carbocycles. The van der Waals surface area contributed by atoms with Crippen LogP contribution in [0.1, 0.15) is 6.42 Å². The van der Waals surface area contributed by atoms with E-state index in [9.17, 15) is 14.4 Å². The van der Waals surface area contributed by atoms with Gasteiger partial charge >= 0.3 is 6.03 Å². The highest BCUT2D eigenvalue weighted by Crippen LogP contribution is 2.17. The van der Waals surface area contributed by atoms with Crippen molar-refractivity contribution in [2.45, 2.75) is 12.5 Å². The second kappa shape index (κ2) is 9.81. The summed E-state index contributed by atoms with van der Waals surface area (Å²) in [6, 6.07) is 11.2. The first-order valence-electron chi connectivity index (χ1n) is 8.36. The Hall–Kier alpha value is -3.75. The summed E-state index contributed by atoms with van der Waals surface area (Å²) >= 11 is 0. The van der Waals surface area contributed by atoms with Crippen molar-refractivity contribution in [3.63, 3.8) is 0 Å². The molecule has 2 rings (SSSR count). The molecule has 4 amide bonds. The molecule has 2 aromatic carbocycles. The minimum atomic E-state index is -1.14. The fourth-order valence-corrected chi connectivity index (χ4v) is 2.36. The molecule has 0 fully saturated rings. The minimum Gasteiger partial charge on any atom is -0.497 e. The fraction of sp³-hybridized carbons (Fsp3) is 0.211. The molecule has 0 unspecified atom stereocenters. The van der Waals surface area contributed by atoms with Gasteiger partial charge in [-0.05, 0) is 48.5 Å². The Morgan fingerprint density at radius 2 is 1.32 bits per heavy atom. The lowest BCUT2D eigenvalue weighted by Gasteiger charge is -2.17. The van der Waals surface area contributed by atoms with Gasteiger partial charge in [0.25, 0.3) is 0 Å². The third-order valence-corrected chi connectivity index (χ3v) is 3.75. The van der Waals surface area contributed by atoms with E-state index in [4.69, 9.17) is 15.2 Å². The Balaban J connectivity index is 2.00. The average Bonchev–Trinajstić information content (AvgIpc) is 2.68. The summed E-state index contributed by atoms with van der Waals surface area (Å²) in [6.07, 6.45) is -0.295. The van der Waals surface area contributed by atoms with Crippen molar-refractivity contribution in [1.82, 2.24) is 5.32 Å². The van der Waals surface area contributed by atoms with Crippen LogP contribution in [-0.2, 0) is 9.59 Å². The third-order valence-electron chi connectivity index (χ3n) is 3.75. The minimum absolute atomic E-state index is 0.295. The molecule has 5 N–H and O–H groups in total. The summed E-state index contributed by atoms with van der Waals surface area (Å²) in [5.41, 5.74) is 6.14. The molecule has 0 aliphatic heterocycles. The van der Waals surface area contributed by atoms with E-state index >= 15 is 0 Å². The van der Waals surface area contributed by atoms with E-state index < -0.39 is 23.9 Å². The van der Waals surface area contributed by atoms with Crippen LogP contribution in [0.25, 0.3) is 0 Å². The van der Waals surface area contributed by atoms with Crippen molar-refractivity contribution in [3.05, 3.63) is 48.5 Å². The lowest BCUT2D eigenvalue weighted by molar-refractivity contribution is -0.122.